The SMILES string of the molecule is C1=Cc2c(n(-c3ccc(N(c4ccc(-n5c6c(c7ccccc75)C=CCC6)cc4)c4ccc(-n5c6ccccc6c6ccccc65)cc4)cc3)c3ccccc23)CC1. The first kappa shape index (κ1) is 32.9. The molecule has 4 nitrogen and oxygen atoms in total. The Morgan fingerprint density at radius 1 is 0.328 bits per heavy atom. The summed E-state index contributed by atoms with van der Waals surface area (Å²) in [4.78, 5) is 2.39. The van der Waals surface area contributed by atoms with Gasteiger partial charge in [0.25, 0.3) is 0 Å². The Morgan fingerprint density at radius 2 is 0.655 bits per heavy atom. The maximum Gasteiger partial charge on any atom is 0.0541 e. The third-order valence-corrected chi connectivity index (χ3v) is 12.4. The van der Waals surface area contributed by atoms with Crippen molar-refractivity contribution >= 4 is 72.8 Å². The van der Waals surface area contributed by atoms with Crippen LogP contribution >= 0.6 is 0 Å². The fourth-order valence-electron chi connectivity index (χ4n) is 9.83. The summed E-state index contributed by atoms with van der Waals surface area (Å²) < 4.78 is 7.32. The molecule has 0 unspecified atom stereocenters. The van der Waals surface area contributed by atoms with Gasteiger partial charge < -0.3 is 18.6 Å². The summed E-state index contributed by atoms with van der Waals surface area (Å²) in [6.07, 6.45) is 13.4. The van der Waals surface area contributed by atoms with Crippen molar-refractivity contribution in [2.24, 2.45) is 0 Å². The number of anilines is 3. The Morgan fingerprint density at radius 3 is 1.05 bits per heavy atom. The molecule has 0 saturated carbocycles. The average molecular weight is 745 g/mol. The maximum absolute atomic E-state index is 2.47. The van der Waals surface area contributed by atoms with Crippen molar-refractivity contribution < 1.29 is 0 Å². The minimum atomic E-state index is 1.04. The van der Waals surface area contributed by atoms with Crippen molar-refractivity contribution in [3.05, 3.63) is 205 Å². The Kier molecular flexibility index (Phi) is 7.45. The highest BCUT2D eigenvalue weighted by molar-refractivity contribution is 6.09. The van der Waals surface area contributed by atoms with E-state index in [4.69, 9.17) is 0 Å². The second-order valence-corrected chi connectivity index (χ2v) is 15.6. The number of hydrogen-bond acceptors (Lipinski definition) is 1. The zero-order chi connectivity index (χ0) is 38.2. The molecular weight excluding hydrogens is 705 g/mol. The van der Waals surface area contributed by atoms with Crippen molar-refractivity contribution in [2.75, 3.05) is 4.90 Å². The predicted octanol–water partition coefficient (Wildman–Crippen LogP) is 14.1. The van der Waals surface area contributed by atoms with Crippen molar-refractivity contribution in [1.29, 1.82) is 0 Å². The van der Waals surface area contributed by atoms with Crippen LogP contribution in [0, 0.1) is 0 Å². The lowest BCUT2D eigenvalue weighted by molar-refractivity contribution is 0.888. The smallest absolute Gasteiger partial charge is 0.0541 e. The summed E-state index contributed by atoms with van der Waals surface area (Å²) in [5.74, 6) is 0. The van der Waals surface area contributed by atoms with E-state index in [2.05, 4.69) is 213 Å². The minimum absolute atomic E-state index is 1.04. The van der Waals surface area contributed by atoms with Crippen molar-refractivity contribution in [2.45, 2.75) is 25.7 Å². The summed E-state index contributed by atoms with van der Waals surface area (Å²) in [6, 6.07) is 62.4. The molecule has 0 radical (unpaired) electrons. The molecule has 0 spiro atoms. The summed E-state index contributed by atoms with van der Waals surface area (Å²) in [5.41, 5.74) is 17.3. The molecule has 2 aliphatic rings. The number of allylic oxidation sites excluding steroid dienone is 2. The van der Waals surface area contributed by atoms with E-state index >= 15 is 0 Å². The third-order valence-electron chi connectivity index (χ3n) is 12.4. The number of rotatable bonds is 6. The first-order valence-electron chi connectivity index (χ1n) is 20.5. The molecule has 12 rings (SSSR count). The van der Waals surface area contributed by atoms with Gasteiger partial charge in [0.2, 0.25) is 0 Å². The first-order chi connectivity index (χ1) is 28.8. The number of para-hydroxylation sites is 4. The van der Waals surface area contributed by atoms with Gasteiger partial charge >= 0.3 is 0 Å². The van der Waals surface area contributed by atoms with E-state index in [0.717, 1.165) is 48.4 Å². The standard InChI is InChI=1S/C54H40N4/c1-7-19-49-43(13-1)44-14-2-8-20-50(44)56(49)40-31-25-37(26-32-40)55(38-27-33-41(34-28-38)57-51-21-9-3-15-45(51)46-16-4-10-22-52(46)57)39-29-35-42(36-30-39)58-53-23-11-5-17-47(53)48-18-6-12-24-54(48)58/h1-9,11,13-21,23,25-36H,10,12,22,24H2. The van der Waals surface area contributed by atoms with Gasteiger partial charge in [-0.05, 0) is 123 Å². The van der Waals surface area contributed by atoms with Crippen LogP contribution in [0.5, 0.6) is 0 Å². The molecule has 7 aromatic carbocycles. The zero-order valence-corrected chi connectivity index (χ0v) is 32.1. The predicted molar refractivity (Wildman–Crippen MR) is 244 cm³/mol. The monoisotopic (exact) mass is 744 g/mol. The Bertz CT molecular complexity index is 3060. The van der Waals surface area contributed by atoms with Crippen molar-refractivity contribution in [1.82, 2.24) is 13.7 Å². The molecule has 3 aromatic heterocycles. The summed E-state index contributed by atoms with van der Waals surface area (Å²) in [7, 11) is 0. The van der Waals surface area contributed by atoms with E-state index in [1.165, 1.54) is 77.5 Å². The van der Waals surface area contributed by atoms with Crippen molar-refractivity contribution in [3.8, 4) is 17.1 Å². The first-order valence-corrected chi connectivity index (χ1v) is 20.5. The molecule has 0 N–H and O–H groups in total. The molecule has 4 heteroatoms. The van der Waals surface area contributed by atoms with Crippen LogP contribution < -0.4 is 4.90 Å². The van der Waals surface area contributed by atoms with Crippen LogP contribution in [0.25, 0.3) is 72.8 Å². The largest absolute Gasteiger partial charge is 0.313 e. The van der Waals surface area contributed by atoms with Gasteiger partial charge in [-0.3, -0.25) is 0 Å². The normalized spacial score (nSPS) is 13.4. The van der Waals surface area contributed by atoms with Gasteiger partial charge in [-0.15, -0.1) is 0 Å². The average Bonchev–Trinajstić information content (AvgIpc) is 3.93. The van der Waals surface area contributed by atoms with E-state index in [1.807, 2.05) is 0 Å². The summed E-state index contributed by atoms with van der Waals surface area (Å²) in [5, 5.41) is 5.17. The van der Waals surface area contributed by atoms with Gasteiger partial charge in [0, 0.05) is 78.2 Å². The number of benzene rings is 7. The molecule has 3 heterocycles. The molecule has 0 fully saturated rings. The Balaban J connectivity index is 0.984. The van der Waals surface area contributed by atoms with E-state index in [-0.39, 0.29) is 0 Å². The van der Waals surface area contributed by atoms with Crippen LogP contribution in [-0.2, 0) is 12.8 Å². The number of aromatic nitrogens is 3. The molecule has 0 saturated heterocycles. The molecular formula is C54H40N4. The maximum atomic E-state index is 2.47. The quantitative estimate of drug-likeness (QED) is 0.166. The van der Waals surface area contributed by atoms with Crippen LogP contribution in [0.15, 0.2) is 182 Å². The minimum Gasteiger partial charge on any atom is -0.313 e. The summed E-state index contributed by atoms with van der Waals surface area (Å²) in [6.45, 7) is 0. The lowest BCUT2D eigenvalue weighted by Crippen LogP contribution is -2.11. The van der Waals surface area contributed by atoms with Crippen LogP contribution in [-0.4, -0.2) is 13.7 Å². The van der Waals surface area contributed by atoms with Crippen LogP contribution in [0.2, 0.25) is 0 Å². The van der Waals surface area contributed by atoms with E-state index in [0.29, 0.717) is 0 Å². The molecule has 58 heavy (non-hydrogen) atoms. The second kappa shape index (κ2) is 13.1. The molecule has 2 aliphatic carbocycles. The van der Waals surface area contributed by atoms with Gasteiger partial charge in [0.05, 0.1) is 22.1 Å². The van der Waals surface area contributed by atoms with Gasteiger partial charge in [-0.2, -0.15) is 0 Å². The van der Waals surface area contributed by atoms with Gasteiger partial charge in [0.15, 0.2) is 0 Å². The van der Waals surface area contributed by atoms with Crippen LogP contribution in [0.3, 0.4) is 0 Å². The van der Waals surface area contributed by atoms with Gasteiger partial charge in [0.1, 0.15) is 0 Å². The zero-order valence-electron chi connectivity index (χ0n) is 32.1. The van der Waals surface area contributed by atoms with Gasteiger partial charge in [-0.25, -0.2) is 0 Å². The van der Waals surface area contributed by atoms with E-state index < -0.39 is 0 Å². The lowest BCUT2D eigenvalue weighted by atomic mass is 10.0. The Hall–Kier alpha value is -7.30. The number of hydrogen-bond donors (Lipinski definition) is 0. The molecule has 276 valence electrons. The molecule has 0 atom stereocenters. The second-order valence-electron chi connectivity index (χ2n) is 15.6. The molecule has 0 aliphatic heterocycles. The topological polar surface area (TPSA) is 18.0 Å². The van der Waals surface area contributed by atoms with E-state index in [9.17, 15) is 0 Å². The molecule has 0 amide bonds. The third kappa shape index (κ3) is 5.01. The molecule has 0 bridgehead atoms. The Labute approximate surface area is 337 Å². The van der Waals surface area contributed by atoms with E-state index in [1.54, 1.807) is 0 Å². The van der Waals surface area contributed by atoms with Crippen molar-refractivity contribution in [3.63, 3.8) is 0 Å². The number of fused-ring (bicyclic) bond motifs is 9. The van der Waals surface area contributed by atoms with Crippen LogP contribution in [0.1, 0.15) is 35.4 Å². The fraction of sp³-hybridized carbons (Fsp3) is 0.0741. The lowest BCUT2D eigenvalue weighted by Gasteiger charge is -2.27. The highest BCUT2D eigenvalue weighted by atomic mass is 15.1. The van der Waals surface area contributed by atoms with Crippen LogP contribution in [0.4, 0.5) is 17.1 Å². The number of nitrogens with zero attached hydrogens (tertiary/aromatic N) is 4. The van der Waals surface area contributed by atoms with Gasteiger partial charge in [-0.1, -0.05) is 97.1 Å². The summed E-state index contributed by atoms with van der Waals surface area (Å²) >= 11 is 0. The highest BCUT2D eigenvalue weighted by Gasteiger charge is 2.21. The fourth-order valence-corrected chi connectivity index (χ4v) is 9.83. The molecule has 10 aromatic rings. The highest BCUT2D eigenvalue weighted by Crippen LogP contribution is 2.40.